The Morgan fingerprint density at radius 1 is 1.47 bits per heavy atom. The largest absolute Gasteiger partial charge is 0.377 e. The summed E-state index contributed by atoms with van der Waals surface area (Å²) in [4.78, 5) is 12.6. The minimum atomic E-state index is 0.374. The number of hydrogen-bond donors (Lipinski definition) is 2. The number of nitrogens with one attached hydrogen (secondary N) is 2. The predicted molar refractivity (Wildman–Crippen MR) is 62.8 cm³/mol. The van der Waals surface area contributed by atoms with E-state index in [0.717, 1.165) is 10.8 Å². The third kappa shape index (κ3) is 3.14. The first kappa shape index (κ1) is 11.8. The highest BCUT2D eigenvalue weighted by molar-refractivity contribution is 7.99. The fourth-order valence-corrected chi connectivity index (χ4v) is 1.91. The predicted octanol–water partition coefficient (Wildman–Crippen LogP) is 0.934. The van der Waals surface area contributed by atoms with Crippen molar-refractivity contribution in [2.24, 2.45) is 0 Å². The highest BCUT2D eigenvalue weighted by atomic mass is 32.2. The Morgan fingerprint density at radius 3 is 3.00 bits per heavy atom. The third-order valence-corrected chi connectivity index (χ3v) is 2.68. The van der Waals surface area contributed by atoms with Crippen molar-refractivity contribution in [2.75, 3.05) is 19.5 Å². The molecule has 0 amide bonds. The molecule has 0 aliphatic rings. The van der Waals surface area contributed by atoms with Gasteiger partial charge in [-0.3, -0.25) is 5.10 Å². The molecule has 2 aromatic heterocycles. The van der Waals surface area contributed by atoms with Gasteiger partial charge < -0.3 is 10.1 Å². The lowest BCUT2D eigenvalue weighted by Gasteiger charge is -2.05. The van der Waals surface area contributed by atoms with E-state index in [2.05, 4.69) is 30.5 Å². The quantitative estimate of drug-likeness (QED) is 0.765. The Labute approximate surface area is 102 Å². The maximum Gasteiger partial charge on any atom is 0.189 e. The Bertz CT molecular complexity index is 474. The van der Waals surface area contributed by atoms with Crippen LogP contribution in [0.4, 0.5) is 5.82 Å². The van der Waals surface area contributed by atoms with Crippen LogP contribution in [0.15, 0.2) is 22.6 Å². The van der Waals surface area contributed by atoms with Gasteiger partial charge in [0.25, 0.3) is 0 Å². The van der Waals surface area contributed by atoms with Gasteiger partial charge in [-0.25, -0.2) is 15.0 Å². The van der Waals surface area contributed by atoms with Gasteiger partial charge in [0, 0.05) is 20.2 Å². The SMILES string of the molecule is CNc1cc(Sc2ncn[nH]2)nc(COC)n1. The fraction of sp³-hybridized carbons (Fsp3) is 0.333. The summed E-state index contributed by atoms with van der Waals surface area (Å²) >= 11 is 1.39. The lowest BCUT2D eigenvalue weighted by Crippen LogP contribution is -2.02. The fourth-order valence-electron chi connectivity index (χ4n) is 1.19. The molecule has 90 valence electrons. The summed E-state index contributed by atoms with van der Waals surface area (Å²) in [5.41, 5.74) is 0. The second-order valence-corrected chi connectivity index (χ2v) is 4.09. The third-order valence-electron chi connectivity index (χ3n) is 1.87. The highest BCUT2D eigenvalue weighted by Crippen LogP contribution is 2.23. The summed E-state index contributed by atoms with van der Waals surface area (Å²) < 4.78 is 5.02. The van der Waals surface area contributed by atoms with Gasteiger partial charge >= 0.3 is 0 Å². The number of aromatic nitrogens is 5. The maximum absolute atomic E-state index is 5.02. The Kier molecular flexibility index (Phi) is 3.89. The van der Waals surface area contributed by atoms with Crippen molar-refractivity contribution < 1.29 is 4.74 Å². The van der Waals surface area contributed by atoms with E-state index in [9.17, 15) is 0 Å². The Hall–Kier alpha value is -1.67. The maximum atomic E-state index is 5.02. The second kappa shape index (κ2) is 5.60. The molecule has 2 N–H and O–H groups in total. The van der Waals surface area contributed by atoms with Crippen LogP contribution in [0.3, 0.4) is 0 Å². The number of hydrogen-bond acceptors (Lipinski definition) is 7. The van der Waals surface area contributed by atoms with E-state index in [4.69, 9.17) is 4.74 Å². The lowest BCUT2D eigenvalue weighted by atomic mass is 10.5. The van der Waals surface area contributed by atoms with Gasteiger partial charge in [-0.05, 0) is 11.8 Å². The number of nitrogens with zero attached hydrogens (tertiary/aromatic N) is 4. The minimum Gasteiger partial charge on any atom is -0.377 e. The van der Waals surface area contributed by atoms with Crippen LogP contribution in [0, 0.1) is 0 Å². The summed E-state index contributed by atoms with van der Waals surface area (Å²) in [6, 6.07) is 1.84. The van der Waals surface area contributed by atoms with Gasteiger partial charge in [0.15, 0.2) is 11.0 Å². The van der Waals surface area contributed by atoms with Crippen molar-refractivity contribution in [3.05, 3.63) is 18.2 Å². The molecule has 0 spiro atoms. The zero-order chi connectivity index (χ0) is 12.1. The lowest BCUT2D eigenvalue weighted by molar-refractivity contribution is 0.177. The van der Waals surface area contributed by atoms with Crippen molar-refractivity contribution in [1.82, 2.24) is 25.1 Å². The van der Waals surface area contributed by atoms with Crippen molar-refractivity contribution >= 4 is 17.6 Å². The molecule has 0 saturated carbocycles. The molecule has 17 heavy (non-hydrogen) atoms. The molecule has 0 unspecified atom stereocenters. The van der Waals surface area contributed by atoms with Crippen molar-refractivity contribution in [3.8, 4) is 0 Å². The second-order valence-electron chi connectivity index (χ2n) is 3.08. The molecule has 0 radical (unpaired) electrons. The summed E-state index contributed by atoms with van der Waals surface area (Å²) in [5, 5.41) is 11.0. The van der Waals surface area contributed by atoms with E-state index in [0.29, 0.717) is 17.6 Å². The molecule has 0 aliphatic heterocycles. The number of rotatable bonds is 5. The van der Waals surface area contributed by atoms with Gasteiger partial charge in [0.2, 0.25) is 0 Å². The van der Waals surface area contributed by atoms with Crippen molar-refractivity contribution in [2.45, 2.75) is 16.8 Å². The zero-order valence-corrected chi connectivity index (χ0v) is 10.3. The minimum absolute atomic E-state index is 0.374. The van der Waals surface area contributed by atoms with Crippen LogP contribution in [-0.2, 0) is 11.3 Å². The number of methoxy groups -OCH3 is 1. The van der Waals surface area contributed by atoms with E-state index >= 15 is 0 Å². The molecular weight excluding hydrogens is 240 g/mol. The normalized spacial score (nSPS) is 10.5. The summed E-state index contributed by atoms with van der Waals surface area (Å²) in [7, 11) is 3.42. The standard InChI is InChI=1S/C9H12N6OS/c1-10-6-3-8(14-7(13-6)4-16-2)17-9-11-5-12-15-9/h3,5H,4H2,1-2H3,(H,10,13,14)(H,11,12,15). The molecule has 0 aliphatic carbocycles. The van der Waals surface area contributed by atoms with E-state index in [1.54, 1.807) is 7.11 Å². The van der Waals surface area contributed by atoms with Crippen LogP contribution in [-0.4, -0.2) is 39.3 Å². The zero-order valence-electron chi connectivity index (χ0n) is 9.47. The number of ether oxygens (including phenoxy) is 1. The first-order chi connectivity index (χ1) is 8.31. The summed E-state index contributed by atoms with van der Waals surface area (Å²) in [6.07, 6.45) is 1.46. The molecule has 0 aromatic carbocycles. The molecule has 7 nitrogen and oxygen atoms in total. The molecular formula is C9H12N6OS. The molecule has 8 heteroatoms. The van der Waals surface area contributed by atoms with Gasteiger partial charge in [-0.1, -0.05) is 0 Å². The average molecular weight is 252 g/mol. The molecule has 0 saturated heterocycles. The Morgan fingerprint density at radius 2 is 2.35 bits per heavy atom. The topological polar surface area (TPSA) is 88.6 Å². The van der Waals surface area contributed by atoms with Gasteiger partial charge in [0.05, 0.1) is 0 Å². The molecule has 0 bridgehead atoms. The first-order valence-electron chi connectivity index (χ1n) is 4.89. The molecule has 2 rings (SSSR count). The van der Waals surface area contributed by atoms with Gasteiger partial charge in [-0.2, -0.15) is 5.10 Å². The van der Waals surface area contributed by atoms with Crippen LogP contribution >= 0.6 is 11.8 Å². The van der Waals surface area contributed by atoms with Crippen LogP contribution < -0.4 is 5.32 Å². The van der Waals surface area contributed by atoms with Crippen LogP contribution in [0.25, 0.3) is 0 Å². The number of anilines is 1. The molecule has 0 fully saturated rings. The molecule has 2 heterocycles. The highest BCUT2D eigenvalue weighted by Gasteiger charge is 2.07. The molecule has 0 atom stereocenters. The first-order valence-corrected chi connectivity index (χ1v) is 5.71. The van der Waals surface area contributed by atoms with Gasteiger partial charge in [-0.15, -0.1) is 0 Å². The number of H-pyrrole nitrogens is 1. The summed E-state index contributed by atoms with van der Waals surface area (Å²) in [5.74, 6) is 1.37. The monoisotopic (exact) mass is 252 g/mol. The van der Waals surface area contributed by atoms with Crippen molar-refractivity contribution in [1.29, 1.82) is 0 Å². The van der Waals surface area contributed by atoms with E-state index in [1.165, 1.54) is 18.1 Å². The number of aromatic amines is 1. The van der Waals surface area contributed by atoms with Crippen LogP contribution in [0.2, 0.25) is 0 Å². The smallest absolute Gasteiger partial charge is 0.189 e. The summed E-state index contributed by atoms with van der Waals surface area (Å²) in [6.45, 7) is 0.374. The van der Waals surface area contributed by atoms with Crippen molar-refractivity contribution in [3.63, 3.8) is 0 Å². The van der Waals surface area contributed by atoms with Crippen LogP contribution in [0.1, 0.15) is 5.82 Å². The Balaban J connectivity index is 2.23. The van der Waals surface area contributed by atoms with E-state index in [-0.39, 0.29) is 0 Å². The van der Waals surface area contributed by atoms with E-state index in [1.807, 2.05) is 13.1 Å². The van der Waals surface area contributed by atoms with Gasteiger partial charge in [0.1, 0.15) is 23.8 Å². The van der Waals surface area contributed by atoms with Crippen LogP contribution in [0.5, 0.6) is 0 Å². The molecule has 2 aromatic rings. The van der Waals surface area contributed by atoms with E-state index < -0.39 is 0 Å². The average Bonchev–Trinajstić information content (AvgIpc) is 2.82.